The van der Waals surface area contributed by atoms with Crippen molar-refractivity contribution in [1.29, 1.82) is 0 Å². The van der Waals surface area contributed by atoms with Gasteiger partial charge in [0.1, 0.15) is 11.6 Å². The SMILES string of the molecule is CC(C)C[C@H](NC(=O)c1cc2ccccc2s1)C(=O)N1CCN(C(=O)[C@H]2CCCC[N+]2(C(=O)O)C(C)(C)C)CC1. The van der Waals surface area contributed by atoms with Crippen molar-refractivity contribution in [2.75, 3.05) is 32.7 Å². The van der Waals surface area contributed by atoms with Crippen molar-refractivity contribution < 1.29 is 28.8 Å². The Morgan fingerprint density at radius 3 is 2.30 bits per heavy atom. The van der Waals surface area contributed by atoms with Gasteiger partial charge in [-0.3, -0.25) is 14.4 Å². The fraction of sp³-hybridized carbons (Fsp3) is 0.600. The number of hydrogen-bond donors (Lipinski definition) is 2. The van der Waals surface area contributed by atoms with Gasteiger partial charge in [-0.15, -0.1) is 11.3 Å². The van der Waals surface area contributed by atoms with E-state index >= 15 is 0 Å². The molecule has 40 heavy (non-hydrogen) atoms. The summed E-state index contributed by atoms with van der Waals surface area (Å²) in [7, 11) is 0. The highest BCUT2D eigenvalue weighted by Gasteiger charge is 2.58. The molecule has 2 aliphatic rings. The smallest absolute Gasteiger partial charge is 0.435 e. The number of rotatable bonds is 6. The molecule has 1 aromatic carbocycles. The molecule has 1 aromatic heterocycles. The number of nitrogens with one attached hydrogen (secondary N) is 1. The molecule has 3 heterocycles. The van der Waals surface area contributed by atoms with E-state index in [1.807, 2.05) is 65.0 Å². The van der Waals surface area contributed by atoms with Crippen molar-refractivity contribution in [2.45, 2.75) is 77.9 Å². The lowest BCUT2D eigenvalue weighted by molar-refractivity contribution is -0.922. The second-order valence-corrected chi connectivity index (χ2v) is 13.6. The van der Waals surface area contributed by atoms with E-state index in [2.05, 4.69) is 5.32 Å². The van der Waals surface area contributed by atoms with Gasteiger partial charge < -0.3 is 20.2 Å². The third kappa shape index (κ3) is 5.88. The Balaban J connectivity index is 1.43. The van der Waals surface area contributed by atoms with Gasteiger partial charge in [-0.2, -0.15) is 4.79 Å². The molecule has 3 atom stereocenters. The molecule has 0 aliphatic carbocycles. The van der Waals surface area contributed by atoms with E-state index in [0.29, 0.717) is 50.4 Å². The number of quaternary nitrogens is 1. The molecule has 2 fully saturated rings. The van der Waals surface area contributed by atoms with E-state index in [1.165, 1.54) is 11.3 Å². The summed E-state index contributed by atoms with van der Waals surface area (Å²) in [5.41, 5.74) is -0.624. The zero-order valence-electron chi connectivity index (χ0n) is 24.3. The molecule has 4 rings (SSSR count). The molecule has 0 radical (unpaired) electrons. The van der Waals surface area contributed by atoms with E-state index in [4.69, 9.17) is 0 Å². The van der Waals surface area contributed by atoms with Gasteiger partial charge >= 0.3 is 6.09 Å². The van der Waals surface area contributed by atoms with Crippen molar-refractivity contribution in [2.24, 2.45) is 5.92 Å². The molecule has 2 aliphatic heterocycles. The topological polar surface area (TPSA) is 107 Å². The van der Waals surface area contributed by atoms with Crippen LogP contribution in [0.1, 0.15) is 70.0 Å². The summed E-state index contributed by atoms with van der Waals surface area (Å²) in [4.78, 5) is 57.1. The summed E-state index contributed by atoms with van der Waals surface area (Å²) in [5.74, 6) is -0.333. The predicted octanol–water partition coefficient (Wildman–Crippen LogP) is 4.56. The maximum absolute atomic E-state index is 13.7. The quantitative estimate of drug-likeness (QED) is 0.495. The molecule has 0 spiro atoms. The summed E-state index contributed by atoms with van der Waals surface area (Å²) in [6.07, 6.45) is 1.71. The number of carboxylic acid groups (broad SMARTS) is 1. The number of amides is 4. The van der Waals surface area contributed by atoms with Gasteiger partial charge in [-0.25, -0.2) is 4.48 Å². The number of hydrogen-bond acceptors (Lipinski definition) is 5. The molecule has 2 aromatic rings. The van der Waals surface area contributed by atoms with Crippen LogP contribution in [0.5, 0.6) is 0 Å². The fourth-order valence-electron chi connectivity index (χ4n) is 6.30. The van der Waals surface area contributed by atoms with Crippen LogP contribution in [0.15, 0.2) is 30.3 Å². The Labute approximate surface area is 240 Å². The standard InChI is InChI=1S/C30H42N4O5S/c1-20(2)18-22(31-26(35)25-19-21-10-6-7-12-24(21)40-25)27(36)32-13-15-33(16-14-32)28(37)23-11-8-9-17-34(23,29(38)39)30(3,4)5/h6-7,10,12,19-20,22-23H,8-9,11,13-18H2,1-5H3,(H-,31,35,38,39)/p+1/t22-,23+,34?/m0/s1. The van der Waals surface area contributed by atoms with E-state index in [9.17, 15) is 24.3 Å². The maximum Gasteiger partial charge on any atom is 0.514 e. The van der Waals surface area contributed by atoms with Crippen LogP contribution >= 0.6 is 11.3 Å². The van der Waals surface area contributed by atoms with Gasteiger partial charge in [0.25, 0.3) is 11.8 Å². The van der Waals surface area contributed by atoms with Crippen LogP contribution in [-0.4, -0.2) is 93.6 Å². The molecule has 218 valence electrons. The molecule has 10 heteroatoms. The first-order chi connectivity index (χ1) is 18.8. The van der Waals surface area contributed by atoms with E-state index in [0.717, 1.165) is 22.9 Å². The molecular formula is C30H43N4O5S+. The predicted molar refractivity (Wildman–Crippen MR) is 156 cm³/mol. The maximum atomic E-state index is 13.7. The van der Waals surface area contributed by atoms with Crippen LogP contribution in [0, 0.1) is 5.92 Å². The summed E-state index contributed by atoms with van der Waals surface area (Å²) in [5, 5.41) is 14.3. The third-order valence-corrected chi connectivity index (χ3v) is 9.57. The van der Waals surface area contributed by atoms with Crippen LogP contribution in [-0.2, 0) is 9.59 Å². The highest BCUT2D eigenvalue weighted by atomic mass is 32.1. The van der Waals surface area contributed by atoms with Crippen LogP contribution < -0.4 is 5.32 Å². The van der Waals surface area contributed by atoms with Crippen LogP contribution in [0.25, 0.3) is 10.1 Å². The van der Waals surface area contributed by atoms with Crippen LogP contribution in [0.4, 0.5) is 4.79 Å². The Hall–Kier alpha value is -2.98. The third-order valence-electron chi connectivity index (χ3n) is 8.46. The van der Waals surface area contributed by atoms with Gasteiger partial charge in [-0.05, 0) is 63.5 Å². The number of nitrogens with zero attached hydrogens (tertiary/aromatic N) is 3. The molecular weight excluding hydrogens is 528 g/mol. The first-order valence-electron chi connectivity index (χ1n) is 14.3. The molecule has 4 amide bonds. The van der Waals surface area contributed by atoms with Gasteiger partial charge in [-0.1, -0.05) is 32.0 Å². The number of likely N-dealkylation sites (tertiary alicyclic amines) is 1. The summed E-state index contributed by atoms with van der Waals surface area (Å²) in [6, 6.07) is 8.38. The number of piperidine rings is 1. The van der Waals surface area contributed by atoms with Crippen LogP contribution in [0.3, 0.4) is 0 Å². The average Bonchev–Trinajstić information content (AvgIpc) is 3.35. The molecule has 1 unspecified atom stereocenters. The highest BCUT2D eigenvalue weighted by Crippen LogP contribution is 2.37. The lowest BCUT2D eigenvalue weighted by Gasteiger charge is -2.51. The first kappa shape index (κ1) is 30.0. The second kappa shape index (κ2) is 11.9. The van der Waals surface area contributed by atoms with E-state index in [-0.39, 0.29) is 28.1 Å². The van der Waals surface area contributed by atoms with Gasteiger partial charge in [0.2, 0.25) is 5.91 Å². The normalized spacial score (nSPS) is 22.8. The van der Waals surface area contributed by atoms with Crippen molar-refractivity contribution in [3.63, 3.8) is 0 Å². The minimum atomic E-state index is -0.953. The van der Waals surface area contributed by atoms with Crippen molar-refractivity contribution in [3.05, 3.63) is 35.2 Å². The first-order valence-corrected chi connectivity index (χ1v) is 15.1. The Kier molecular flexibility index (Phi) is 8.89. The molecule has 2 saturated heterocycles. The van der Waals surface area contributed by atoms with E-state index < -0.39 is 23.7 Å². The largest absolute Gasteiger partial charge is 0.514 e. The lowest BCUT2D eigenvalue weighted by atomic mass is 9.89. The minimum absolute atomic E-state index is 0.138. The number of thiophene rings is 1. The van der Waals surface area contributed by atoms with Crippen LogP contribution in [0.2, 0.25) is 0 Å². The minimum Gasteiger partial charge on any atom is -0.435 e. The number of fused-ring (bicyclic) bond motifs is 1. The van der Waals surface area contributed by atoms with Gasteiger partial charge in [0, 0.05) is 37.3 Å². The zero-order chi connectivity index (χ0) is 29.2. The van der Waals surface area contributed by atoms with Gasteiger partial charge in [0.15, 0.2) is 6.04 Å². The Morgan fingerprint density at radius 2 is 1.70 bits per heavy atom. The molecule has 0 saturated carbocycles. The van der Waals surface area contributed by atoms with E-state index in [1.54, 1.807) is 9.80 Å². The van der Waals surface area contributed by atoms with Crippen molar-refractivity contribution >= 4 is 45.2 Å². The number of piperazine rings is 1. The summed E-state index contributed by atoms with van der Waals surface area (Å²) in [6.45, 7) is 11.6. The van der Waals surface area contributed by atoms with Gasteiger partial charge in [0.05, 0.1) is 11.4 Å². The fourth-order valence-corrected chi connectivity index (χ4v) is 7.27. The zero-order valence-corrected chi connectivity index (χ0v) is 25.1. The lowest BCUT2D eigenvalue weighted by Crippen LogP contribution is -2.73. The second-order valence-electron chi connectivity index (χ2n) is 12.5. The average molecular weight is 572 g/mol. The Morgan fingerprint density at radius 1 is 1.05 bits per heavy atom. The molecule has 9 nitrogen and oxygen atoms in total. The number of carbonyl (C=O) groups excluding carboxylic acids is 3. The van der Waals surface area contributed by atoms with Crippen molar-refractivity contribution in [3.8, 4) is 0 Å². The Bertz CT molecular complexity index is 1230. The molecule has 0 bridgehead atoms. The van der Waals surface area contributed by atoms with Crippen molar-refractivity contribution in [1.82, 2.24) is 15.1 Å². The monoisotopic (exact) mass is 571 g/mol. The summed E-state index contributed by atoms with van der Waals surface area (Å²) < 4.78 is 0.765. The highest BCUT2D eigenvalue weighted by molar-refractivity contribution is 7.20. The number of benzene rings is 1. The number of carbonyl (C=O) groups is 4. The summed E-state index contributed by atoms with van der Waals surface area (Å²) >= 11 is 1.41. The molecule has 2 N–H and O–H groups in total.